The van der Waals surface area contributed by atoms with E-state index in [0.29, 0.717) is 0 Å². The second kappa shape index (κ2) is 36.1. The van der Waals surface area contributed by atoms with Gasteiger partial charge in [-0.3, -0.25) is 0 Å². The lowest BCUT2D eigenvalue weighted by Gasteiger charge is -2.29. The van der Waals surface area contributed by atoms with E-state index in [4.69, 9.17) is 12.6 Å². The summed E-state index contributed by atoms with van der Waals surface area (Å²) in [7, 11) is 0. The SMILES string of the molecule is Cc1ccc(N(c2ccc(-c3ccc(N(c4ccc(-c5ccc(N(C6=CCC(c7cc(N(c8ccc(-c9ccc(N(c%10ccc(-c%11ccc(N(c%12ccc(C)cc%12)c%12ccc(C)cc%12C)cc%11)cc%10)c%10ccc(C)cc%10C)cc9)cc8)c8ccc(C)cc8C)ccc7S)=C6)c6ccc(C)cc6C)cc5)cc4)c4ccc(C)cc4C)cc3)cc2)c2ccc(C)cc2C)cc1. The van der Waals surface area contributed by atoms with Crippen molar-refractivity contribution in [1.29, 1.82) is 0 Å². The van der Waals surface area contributed by atoms with Gasteiger partial charge in [0.2, 0.25) is 0 Å². The minimum Gasteiger partial charge on any atom is -0.311 e. The van der Waals surface area contributed by atoms with E-state index in [2.05, 4.69) is 509 Å². The van der Waals surface area contributed by atoms with Gasteiger partial charge in [0.25, 0.3) is 0 Å². The summed E-state index contributed by atoms with van der Waals surface area (Å²) >= 11 is 5.27. The Labute approximate surface area is 763 Å². The zero-order chi connectivity index (χ0) is 88.5. The molecule has 0 radical (unpaired) electrons. The minimum absolute atomic E-state index is 0.740. The van der Waals surface area contributed by atoms with E-state index in [1.165, 1.54) is 94.8 Å². The minimum atomic E-state index is 0.740. The van der Waals surface area contributed by atoms with Gasteiger partial charge in [-0.15, -0.1) is 12.6 Å². The molecule has 7 heteroatoms. The molecule has 0 saturated heterocycles. The number of aryl methyl sites for hydroxylation is 14. The fraction of sp³-hybridized carbons (Fsp3) is 0.124. The topological polar surface area (TPSA) is 19.4 Å². The van der Waals surface area contributed by atoms with Crippen LogP contribution >= 0.6 is 12.6 Å². The van der Waals surface area contributed by atoms with Crippen molar-refractivity contribution in [2.24, 2.45) is 0 Å². The normalized spacial score (nSPS) is 11.8. The first kappa shape index (κ1) is 84.2. The molecule has 0 aliphatic heterocycles. The molecular weight excluding hydrogens is 1570 g/mol. The number of thiol groups is 1. The first-order chi connectivity index (χ1) is 62.1. The molecule has 628 valence electrons. The third-order valence-electron chi connectivity index (χ3n) is 25.2. The number of anilines is 17. The van der Waals surface area contributed by atoms with Crippen molar-refractivity contribution in [1.82, 2.24) is 0 Å². The van der Waals surface area contributed by atoms with Crippen molar-refractivity contribution in [2.75, 3.05) is 29.4 Å². The summed E-state index contributed by atoms with van der Waals surface area (Å²) in [6, 6.07) is 137. The van der Waals surface area contributed by atoms with Gasteiger partial charge in [-0.2, -0.15) is 0 Å². The molecule has 0 amide bonds. The number of benzene rings is 17. The standard InChI is InChI=1S/C121H108N6S/c1-79-15-42-102(43-16-79)122(115-64-19-81(3)71-87(115)9)104-46-25-93(26-47-104)95-29-50-106(51-30-95)124(117-66-21-83(5)73-89(117)11)108-54-33-97(34-55-108)99-37-58-110(59-38-99)126(119-68-23-85(7)75-91(119)13)112-62-41-101(77-112)114-78-113(63-70-121(114)128)127(120-69-24-86(8)76-92(120)14)111-60-39-100(40-61-111)98-35-56-109(57-36-98)125(118-67-22-84(6)74-90(118)12)107-52-31-96(32-53-107)94-27-48-105(49-28-94)123(103-44-17-80(2)18-45-103)116-65-20-82(4)72-88(116)10/h15-40,42-78,128H,41H2,1-14H3. The lowest BCUT2D eigenvalue weighted by atomic mass is 10.0. The molecule has 0 heterocycles. The Morgan fingerprint density at radius 3 is 0.578 bits per heavy atom. The number of hydrogen-bond donors (Lipinski definition) is 1. The molecular formula is C121H108N6S. The van der Waals surface area contributed by atoms with Gasteiger partial charge in [-0.1, -0.05) is 245 Å². The molecule has 0 atom stereocenters. The fourth-order valence-corrected chi connectivity index (χ4v) is 18.8. The highest BCUT2D eigenvalue weighted by Gasteiger charge is 2.27. The van der Waals surface area contributed by atoms with E-state index in [1.807, 2.05) is 0 Å². The van der Waals surface area contributed by atoms with Gasteiger partial charge < -0.3 is 29.4 Å². The quantitative estimate of drug-likeness (QED) is 0.0639. The smallest absolute Gasteiger partial charge is 0.0490 e. The molecule has 0 saturated carbocycles. The van der Waals surface area contributed by atoms with Gasteiger partial charge in [0, 0.05) is 107 Å². The molecule has 0 unspecified atom stereocenters. The number of allylic oxidation sites excluding steroid dienone is 3. The average molecular weight is 1680 g/mol. The molecule has 17 aromatic rings. The molecule has 0 fully saturated rings. The Balaban J connectivity index is 0.596. The first-order valence-electron chi connectivity index (χ1n) is 44.5. The maximum absolute atomic E-state index is 5.27. The van der Waals surface area contributed by atoms with E-state index < -0.39 is 0 Å². The highest BCUT2D eigenvalue weighted by atomic mass is 32.1. The third kappa shape index (κ3) is 17.6. The summed E-state index contributed by atoms with van der Waals surface area (Å²) in [6.07, 6.45) is 5.49. The highest BCUT2D eigenvalue weighted by Crippen LogP contribution is 2.49. The highest BCUT2D eigenvalue weighted by molar-refractivity contribution is 7.80. The van der Waals surface area contributed by atoms with Gasteiger partial charge in [-0.25, -0.2) is 0 Å². The van der Waals surface area contributed by atoms with Crippen LogP contribution < -0.4 is 29.4 Å². The maximum Gasteiger partial charge on any atom is 0.0490 e. The Morgan fingerprint density at radius 2 is 0.359 bits per heavy atom. The van der Waals surface area contributed by atoms with Crippen molar-refractivity contribution < 1.29 is 0 Å². The molecule has 0 spiro atoms. The van der Waals surface area contributed by atoms with Crippen LogP contribution in [0.25, 0.3) is 50.1 Å². The second-order valence-electron chi connectivity index (χ2n) is 35.0. The van der Waals surface area contributed by atoms with Gasteiger partial charge in [0.1, 0.15) is 0 Å². The molecule has 1 aliphatic rings. The second-order valence-corrected chi connectivity index (χ2v) is 35.5. The van der Waals surface area contributed by atoms with Gasteiger partial charge in [-0.05, 0) is 374 Å². The summed E-state index contributed by atoms with van der Waals surface area (Å²) in [5, 5.41) is 0. The van der Waals surface area contributed by atoms with Crippen LogP contribution in [-0.2, 0) is 0 Å². The van der Waals surface area contributed by atoms with Crippen molar-refractivity contribution in [3.05, 3.63) is 471 Å². The van der Waals surface area contributed by atoms with E-state index in [1.54, 1.807) is 0 Å². The summed E-state index contributed by atoms with van der Waals surface area (Å²) in [5.74, 6) is 0. The van der Waals surface area contributed by atoms with Crippen molar-refractivity contribution in [3.8, 4) is 44.5 Å². The Hall–Kier alpha value is -14.6. The van der Waals surface area contributed by atoms with E-state index in [9.17, 15) is 0 Å². The number of nitrogens with zero attached hydrogens (tertiary/aromatic N) is 6. The van der Waals surface area contributed by atoms with E-state index in [-0.39, 0.29) is 0 Å². The monoisotopic (exact) mass is 1680 g/mol. The van der Waals surface area contributed by atoms with Crippen LogP contribution in [0.4, 0.5) is 96.7 Å². The number of hydrogen-bond acceptors (Lipinski definition) is 7. The van der Waals surface area contributed by atoms with Crippen molar-refractivity contribution >= 4 is 115 Å². The predicted molar refractivity (Wildman–Crippen MR) is 551 cm³/mol. The summed E-state index contributed by atoms with van der Waals surface area (Å²) < 4.78 is 0. The van der Waals surface area contributed by atoms with Gasteiger partial charge in [0.15, 0.2) is 0 Å². The lowest BCUT2D eigenvalue weighted by Crippen LogP contribution is -2.15. The van der Waals surface area contributed by atoms with E-state index in [0.717, 1.165) is 152 Å². The van der Waals surface area contributed by atoms with Crippen LogP contribution in [0.5, 0.6) is 0 Å². The molecule has 18 rings (SSSR count). The first-order valence-corrected chi connectivity index (χ1v) is 45.0. The molecule has 17 aromatic carbocycles. The maximum atomic E-state index is 5.27. The zero-order valence-electron chi connectivity index (χ0n) is 75.7. The van der Waals surface area contributed by atoms with Crippen LogP contribution in [0.3, 0.4) is 0 Å². The number of rotatable bonds is 23. The van der Waals surface area contributed by atoms with Crippen LogP contribution in [-0.4, -0.2) is 0 Å². The van der Waals surface area contributed by atoms with Crippen LogP contribution in [0.1, 0.15) is 89.9 Å². The Morgan fingerprint density at radius 1 is 0.180 bits per heavy atom. The molecule has 1 aliphatic carbocycles. The van der Waals surface area contributed by atoms with Gasteiger partial charge in [0.05, 0.1) is 0 Å². The lowest BCUT2D eigenvalue weighted by molar-refractivity contribution is 1.18. The molecule has 0 aromatic heterocycles. The summed E-state index contributed by atoms with van der Waals surface area (Å²) in [4.78, 5) is 15.3. The molecule has 0 N–H and O–H groups in total. The van der Waals surface area contributed by atoms with E-state index >= 15 is 0 Å². The Bertz CT molecular complexity index is 7010. The van der Waals surface area contributed by atoms with Crippen molar-refractivity contribution in [3.63, 3.8) is 0 Å². The largest absolute Gasteiger partial charge is 0.311 e. The Kier molecular flexibility index (Phi) is 23.8. The van der Waals surface area contributed by atoms with Crippen LogP contribution in [0.15, 0.2) is 393 Å². The van der Waals surface area contributed by atoms with Gasteiger partial charge >= 0.3 is 0 Å². The summed E-state index contributed by atoms with van der Waals surface area (Å²) in [5.41, 5.74) is 48.7. The van der Waals surface area contributed by atoms with Crippen molar-refractivity contribution in [2.45, 2.75) is 108 Å². The fourth-order valence-electron chi connectivity index (χ4n) is 18.5. The zero-order valence-corrected chi connectivity index (χ0v) is 76.6. The third-order valence-corrected chi connectivity index (χ3v) is 25.6. The van der Waals surface area contributed by atoms with Crippen LogP contribution in [0.2, 0.25) is 0 Å². The molecule has 0 bridgehead atoms. The summed E-state index contributed by atoms with van der Waals surface area (Å²) in [6.45, 7) is 30.5. The van der Waals surface area contributed by atoms with Crippen LogP contribution in [0, 0.1) is 96.9 Å². The average Bonchev–Trinajstić information content (AvgIpc) is 1.58. The molecule has 6 nitrogen and oxygen atoms in total. The predicted octanol–water partition coefficient (Wildman–Crippen LogP) is 34.8. The molecule has 128 heavy (non-hydrogen) atoms.